The first-order chi connectivity index (χ1) is 9.69. The van der Waals surface area contributed by atoms with E-state index in [2.05, 4.69) is 32.4 Å². The minimum Gasteiger partial charge on any atom is -0.484 e. The maximum atomic E-state index is 6.31. The van der Waals surface area contributed by atoms with Crippen molar-refractivity contribution in [2.45, 2.75) is 38.5 Å². The van der Waals surface area contributed by atoms with Crippen LogP contribution >= 0.6 is 15.9 Å². The fourth-order valence-corrected chi connectivity index (χ4v) is 3.06. The van der Waals surface area contributed by atoms with Crippen LogP contribution in [0.1, 0.15) is 43.2 Å². The molecule has 20 heavy (non-hydrogen) atoms. The maximum absolute atomic E-state index is 6.31. The van der Waals surface area contributed by atoms with Crippen LogP contribution in [0.4, 0.5) is 0 Å². The van der Waals surface area contributed by atoms with E-state index >= 15 is 0 Å². The topological polar surface area (TPSA) is 53.1 Å². The van der Waals surface area contributed by atoms with E-state index in [1.807, 2.05) is 30.7 Å². The van der Waals surface area contributed by atoms with E-state index in [0.717, 1.165) is 40.9 Å². The molecular weight excluding hydrogens is 318 g/mol. The predicted molar refractivity (Wildman–Crippen MR) is 81.6 cm³/mol. The van der Waals surface area contributed by atoms with Gasteiger partial charge in [0.15, 0.2) is 0 Å². The third-order valence-corrected chi connectivity index (χ3v) is 4.14. The van der Waals surface area contributed by atoms with Gasteiger partial charge in [-0.3, -0.25) is 0 Å². The van der Waals surface area contributed by atoms with Crippen LogP contribution in [0.25, 0.3) is 0 Å². The zero-order chi connectivity index (χ0) is 14.1. The average molecular weight is 336 g/mol. The van der Waals surface area contributed by atoms with Gasteiger partial charge in [-0.1, -0.05) is 22.9 Å². The van der Waals surface area contributed by atoms with Crippen molar-refractivity contribution in [2.75, 3.05) is 0 Å². The van der Waals surface area contributed by atoms with E-state index in [9.17, 15) is 0 Å². The summed E-state index contributed by atoms with van der Waals surface area (Å²) in [6.07, 6.45) is 5.58. The number of imidazole rings is 1. The normalized spacial score (nSPS) is 21.4. The van der Waals surface area contributed by atoms with Gasteiger partial charge in [0.05, 0.1) is 18.2 Å². The molecule has 1 aliphatic rings. The molecule has 4 nitrogen and oxygen atoms in total. The van der Waals surface area contributed by atoms with E-state index < -0.39 is 0 Å². The third-order valence-electron chi connectivity index (χ3n) is 3.65. The number of ether oxygens (including phenoxy) is 1. The Hall–Kier alpha value is -1.33. The van der Waals surface area contributed by atoms with Crippen molar-refractivity contribution in [1.29, 1.82) is 0 Å². The number of rotatable bonds is 3. The van der Waals surface area contributed by atoms with E-state index in [-0.39, 0.29) is 12.1 Å². The molecule has 0 spiro atoms. The Morgan fingerprint density at radius 3 is 3.15 bits per heavy atom. The van der Waals surface area contributed by atoms with Gasteiger partial charge < -0.3 is 15.0 Å². The lowest BCUT2D eigenvalue weighted by atomic mass is 9.96. The lowest BCUT2D eigenvalue weighted by molar-refractivity contribution is 0.153. The summed E-state index contributed by atoms with van der Waals surface area (Å²) in [5, 5.41) is 0. The van der Waals surface area contributed by atoms with Gasteiger partial charge >= 0.3 is 0 Å². The summed E-state index contributed by atoms with van der Waals surface area (Å²) in [7, 11) is 0. The second kappa shape index (κ2) is 5.58. The molecule has 0 saturated heterocycles. The molecule has 2 N–H and O–H groups in total. The van der Waals surface area contributed by atoms with Crippen LogP contribution in [-0.4, -0.2) is 9.55 Å². The number of fused-ring (bicyclic) bond motifs is 1. The average Bonchev–Trinajstić information content (AvgIpc) is 2.88. The Labute approximate surface area is 127 Å². The first kappa shape index (κ1) is 13.6. The van der Waals surface area contributed by atoms with Crippen LogP contribution in [-0.2, 0) is 6.54 Å². The van der Waals surface area contributed by atoms with Gasteiger partial charge in [0, 0.05) is 29.0 Å². The van der Waals surface area contributed by atoms with Crippen molar-refractivity contribution < 1.29 is 4.74 Å². The highest BCUT2D eigenvalue weighted by Gasteiger charge is 2.29. The Morgan fingerprint density at radius 2 is 2.35 bits per heavy atom. The van der Waals surface area contributed by atoms with E-state index in [1.54, 1.807) is 0 Å². The van der Waals surface area contributed by atoms with Gasteiger partial charge in [0.1, 0.15) is 11.9 Å². The van der Waals surface area contributed by atoms with Gasteiger partial charge in [-0.2, -0.15) is 0 Å². The monoisotopic (exact) mass is 335 g/mol. The van der Waals surface area contributed by atoms with Crippen LogP contribution in [0.15, 0.2) is 35.2 Å². The molecule has 5 heteroatoms. The van der Waals surface area contributed by atoms with E-state index in [4.69, 9.17) is 10.5 Å². The number of aryl methyl sites for hydroxylation is 1. The number of aromatic nitrogens is 2. The van der Waals surface area contributed by atoms with Crippen molar-refractivity contribution >= 4 is 15.9 Å². The molecule has 3 rings (SSSR count). The van der Waals surface area contributed by atoms with E-state index in [0.29, 0.717) is 0 Å². The van der Waals surface area contributed by atoms with Gasteiger partial charge in [0.2, 0.25) is 0 Å². The minimum absolute atomic E-state index is 0.00812. The van der Waals surface area contributed by atoms with Crippen LogP contribution in [0.2, 0.25) is 0 Å². The molecule has 0 aliphatic carbocycles. The Kier molecular flexibility index (Phi) is 3.81. The first-order valence-corrected chi connectivity index (χ1v) is 7.70. The summed E-state index contributed by atoms with van der Waals surface area (Å²) >= 11 is 3.48. The Balaban J connectivity index is 1.91. The van der Waals surface area contributed by atoms with Crippen molar-refractivity contribution in [2.24, 2.45) is 5.73 Å². The van der Waals surface area contributed by atoms with Crippen LogP contribution in [0.3, 0.4) is 0 Å². The molecule has 106 valence electrons. The molecule has 1 aliphatic heterocycles. The fourth-order valence-electron chi connectivity index (χ4n) is 2.68. The molecule has 0 fully saturated rings. The number of hydrogen-bond acceptors (Lipinski definition) is 3. The quantitative estimate of drug-likeness (QED) is 0.932. The number of nitrogens with two attached hydrogens (primary N) is 1. The predicted octanol–water partition coefficient (Wildman–Crippen LogP) is 3.58. The molecule has 2 atom stereocenters. The summed E-state index contributed by atoms with van der Waals surface area (Å²) in [4.78, 5) is 4.25. The highest BCUT2D eigenvalue weighted by Crippen LogP contribution is 2.40. The molecule has 0 saturated carbocycles. The molecule has 1 aromatic heterocycles. The second-order valence-corrected chi connectivity index (χ2v) is 6.06. The smallest absolute Gasteiger partial charge is 0.142 e. The number of halogens is 1. The lowest BCUT2D eigenvalue weighted by Crippen LogP contribution is -2.25. The lowest BCUT2D eigenvalue weighted by Gasteiger charge is -2.30. The van der Waals surface area contributed by atoms with Crippen molar-refractivity contribution in [3.05, 3.63) is 46.5 Å². The SMILES string of the molecule is CCCn1cncc1C1C[C@@H](N)c2cc(Br)ccc2O1. The first-order valence-electron chi connectivity index (χ1n) is 6.90. The van der Waals surface area contributed by atoms with Crippen molar-refractivity contribution in [3.8, 4) is 5.75 Å². The summed E-state index contributed by atoms with van der Waals surface area (Å²) in [6.45, 7) is 3.11. The molecule has 0 radical (unpaired) electrons. The van der Waals surface area contributed by atoms with Gasteiger partial charge in [-0.05, 0) is 24.6 Å². The zero-order valence-corrected chi connectivity index (χ0v) is 13.0. The van der Waals surface area contributed by atoms with E-state index in [1.165, 1.54) is 0 Å². The van der Waals surface area contributed by atoms with Gasteiger partial charge in [0.25, 0.3) is 0 Å². The number of hydrogen-bond donors (Lipinski definition) is 1. The summed E-state index contributed by atoms with van der Waals surface area (Å²) < 4.78 is 9.31. The largest absolute Gasteiger partial charge is 0.484 e. The number of benzene rings is 1. The van der Waals surface area contributed by atoms with Crippen LogP contribution in [0.5, 0.6) is 5.75 Å². The highest BCUT2D eigenvalue weighted by molar-refractivity contribution is 9.10. The third kappa shape index (κ3) is 2.47. The molecule has 1 aromatic carbocycles. The summed E-state index contributed by atoms with van der Waals surface area (Å²) in [5.74, 6) is 0.876. The van der Waals surface area contributed by atoms with Crippen molar-refractivity contribution in [1.82, 2.24) is 9.55 Å². The van der Waals surface area contributed by atoms with Gasteiger partial charge in [-0.25, -0.2) is 4.98 Å². The Morgan fingerprint density at radius 1 is 1.50 bits per heavy atom. The zero-order valence-electron chi connectivity index (χ0n) is 11.4. The van der Waals surface area contributed by atoms with Crippen LogP contribution < -0.4 is 10.5 Å². The molecule has 0 bridgehead atoms. The fraction of sp³-hybridized carbons (Fsp3) is 0.400. The molecule has 2 heterocycles. The summed E-state index contributed by atoms with van der Waals surface area (Å²) in [5.41, 5.74) is 8.48. The van der Waals surface area contributed by atoms with Gasteiger partial charge in [-0.15, -0.1) is 0 Å². The van der Waals surface area contributed by atoms with Crippen LogP contribution in [0, 0.1) is 0 Å². The highest BCUT2D eigenvalue weighted by atomic mass is 79.9. The standard InChI is InChI=1S/C15H18BrN3O/c1-2-5-19-9-18-8-13(19)15-7-12(17)11-6-10(16)3-4-14(11)20-15/h3-4,6,8-9,12,15H,2,5,7,17H2,1H3/t12-,15?/m1/s1. The molecule has 2 aromatic rings. The molecule has 1 unspecified atom stereocenters. The number of nitrogens with zero attached hydrogens (tertiary/aromatic N) is 2. The molecular formula is C15H18BrN3O. The summed E-state index contributed by atoms with van der Waals surface area (Å²) in [6, 6.07) is 5.99. The molecule has 0 amide bonds. The Bertz CT molecular complexity index is 611. The second-order valence-electron chi connectivity index (χ2n) is 5.14. The van der Waals surface area contributed by atoms with Crippen molar-refractivity contribution in [3.63, 3.8) is 0 Å². The minimum atomic E-state index is -0.0206. The maximum Gasteiger partial charge on any atom is 0.142 e.